The molecule has 2 N–H and O–H groups in total. The van der Waals surface area contributed by atoms with Crippen LogP contribution in [0.4, 0.5) is 27.6 Å². The van der Waals surface area contributed by atoms with E-state index in [1.54, 1.807) is 20.3 Å². The summed E-state index contributed by atoms with van der Waals surface area (Å²) in [6.07, 6.45) is -0.997. The van der Waals surface area contributed by atoms with Crippen molar-refractivity contribution < 1.29 is 50.8 Å². The van der Waals surface area contributed by atoms with Gasteiger partial charge in [0.15, 0.2) is 41.1 Å². The SMILES string of the molecule is COc1cc2c(cc1OC)CN(CC1OC(c3cccc(NC(=O)c4c(F)c(F)c(F)c(F)c4F)c3)OC(c3ccc(CO)cc3)C1C)CC2. The number of aliphatic hydroxyl groups excluding tert-OH is 1. The monoisotopic (exact) mass is 698 g/mol. The van der Waals surface area contributed by atoms with Crippen LogP contribution in [0.5, 0.6) is 11.5 Å². The highest BCUT2D eigenvalue weighted by molar-refractivity contribution is 6.04. The van der Waals surface area contributed by atoms with Crippen molar-refractivity contribution >= 4 is 11.6 Å². The number of carbonyl (C=O) groups excluding carboxylic acids is 1. The Bertz CT molecular complexity index is 1860. The molecule has 0 spiro atoms. The van der Waals surface area contributed by atoms with Crippen LogP contribution < -0.4 is 14.8 Å². The van der Waals surface area contributed by atoms with Gasteiger partial charge in [0.05, 0.1) is 33.0 Å². The highest BCUT2D eigenvalue weighted by atomic mass is 19.2. The lowest BCUT2D eigenvalue weighted by Crippen LogP contribution is -2.45. The maximum Gasteiger partial charge on any atom is 0.261 e. The third-order valence-corrected chi connectivity index (χ3v) is 9.21. The van der Waals surface area contributed by atoms with Gasteiger partial charge in [-0.05, 0) is 52.9 Å². The van der Waals surface area contributed by atoms with E-state index in [2.05, 4.69) is 10.2 Å². The van der Waals surface area contributed by atoms with Crippen LogP contribution in [0.15, 0.2) is 60.7 Å². The second kappa shape index (κ2) is 14.7. The van der Waals surface area contributed by atoms with Gasteiger partial charge in [-0.15, -0.1) is 0 Å². The summed E-state index contributed by atoms with van der Waals surface area (Å²) in [4.78, 5) is 15.1. The molecule has 4 unspecified atom stereocenters. The summed E-state index contributed by atoms with van der Waals surface area (Å²) in [5, 5.41) is 11.8. The summed E-state index contributed by atoms with van der Waals surface area (Å²) in [5.74, 6) is -11.6. The third-order valence-electron chi connectivity index (χ3n) is 9.21. The van der Waals surface area contributed by atoms with Gasteiger partial charge in [0.2, 0.25) is 5.82 Å². The number of methoxy groups -OCH3 is 2. The van der Waals surface area contributed by atoms with E-state index in [9.17, 15) is 31.9 Å². The highest BCUT2D eigenvalue weighted by Gasteiger charge is 2.40. The third kappa shape index (κ3) is 6.91. The molecule has 2 aliphatic heterocycles. The Balaban J connectivity index is 1.27. The quantitative estimate of drug-likeness (QED) is 0.111. The number of fused-ring (bicyclic) bond motifs is 1. The zero-order chi connectivity index (χ0) is 35.7. The number of halogens is 5. The van der Waals surface area contributed by atoms with E-state index in [-0.39, 0.29) is 24.3 Å². The minimum absolute atomic E-state index is 0.0136. The topological polar surface area (TPSA) is 89.5 Å². The molecule has 4 aromatic carbocycles. The molecule has 50 heavy (non-hydrogen) atoms. The number of carbonyl (C=O) groups is 1. The highest BCUT2D eigenvalue weighted by Crippen LogP contribution is 2.43. The summed E-state index contributed by atoms with van der Waals surface area (Å²) < 4.78 is 93.9. The predicted molar refractivity (Wildman–Crippen MR) is 172 cm³/mol. The first-order valence-electron chi connectivity index (χ1n) is 15.9. The van der Waals surface area contributed by atoms with E-state index < -0.39 is 53.0 Å². The molecule has 2 aliphatic rings. The fourth-order valence-corrected chi connectivity index (χ4v) is 6.44. The smallest absolute Gasteiger partial charge is 0.261 e. The van der Waals surface area contributed by atoms with Gasteiger partial charge >= 0.3 is 0 Å². The van der Waals surface area contributed by atoms with E-state index >= 15 is 0 Å². The van der Waals surface area contributed by atoms with Crippen LogP contribution in [-0.2, 0) is 29.0 Å². The standard InChI is InChI=1S/C37H35F5N2O6/c1-19-28(17-44-12-11-22-14-26(47-2)27(48-3)15-24(22)16-44)49-37(50-35(19)21-9-7-20(18-45)8-10-21)23-5-4-6-25(13-23)43-36(46)29-30(38)32(40)34(42)33(41)31(29)39/h4-10,13-15,19,28,35,37,45H,11-12,16-18H2,1-3H3,(H,43,46). The first kappa shape index (κ1) is 35.3. The fourth-order valence-electron chi connectivity index (χ4n) is 6.44. The molecule has 8 nitrogen and oxygen atoms in total. The van der Waals surface area contributed by atoms with Gasteiger partial charge in [-0.3, -0.25) is 9.69 Å². The number of nitrogens with one attached hydrogen (secondary N) is 1. The van der Waals surface area contributed by atoms with Crippen LogP contribution in [0.3, 0.4) is 0 Å². The zero-order valence-corrected chi connectivity index (χ0v) is 27.4. The summed E-state index contributed by atoms with van der Waals surface area (Å²) in [5.41, 5.74) is 2.72. The zero-order valence-electron chi connectivity index (χ0n) is 27.4. The van der Waals surface area contributed by atoms with Gasteiger partial charge in [-0.1, -0.05) is 43.3 Å². The maximum absolute atomic E-state index is 14.4. The number of hydrogen-bond donors (Lipinski definition) is 2. The van der Waals surface area contributed by atoms with Crippen LogP contribution in [0.1, 0.15) is 57.5 Å². The van der Waals surface area contributed by atoms with E-state index in [0.29, 0.717) is 30.2 Å². The molecule has 0 radical (unpaired) electrons. The van der Waals surface area contributed by atoms with Crippen LogP contribution >= 0.6 is 0 Å². The van der Waals surface area contributed by atoms with E-state index in [1.807, 2.05) is 43.3 Å². The number of nitrogens with zero attached hydrogens (tertiary/aromatic N) is 1. The number of rotatable bonds is 9. The van der Waals surface area contributed by atoms with Crippen LogP contribution in [0, 0.1) is 35.0 Å². The average molecular weight is 699 g/mol. The molecule has 13 heteroatoms. The number of aliphatic hydroxyl groups is 1. The number of hydrogen-bond acceptors (Lipinski definition) is 7. The summed E-state index contributed by atoms with van der Waals surface area (Å²) >= 11 is 0. The van der Waals surface area contributed by atoms with E-state index in [4.69, 9.17) is 18.9 Å². The molecule has 0 aromatic heterocycles. The molecule has 1 amide bonds. The van der Waals surface area contributed by atoms with Crippen molar-refractivity contribution in [1.82, 2.24) is 4.90 Å². The lowest BCUT2D eigenvalue weighted by atomic mass is 9.89. The Kier molecular flexibility index (Phi) is 10.4. The Morgan fingerprint density at radius 3 is 2.14 bits per heavy atom. The molecule has 1 fully saturated rings. The summed E-state index contributed by atoms with van der Waals surface area (Å²) in [6.45, 7) is 3.85. The van der Waals surface area contributed by atoms with Crippen molar-refractivity contribution in [1.29, 1.82) is 0 Å². The molecule has 0 saturated carbocycles. The number of ether oxygens (including phenoxy) is 4. The van der Waals surface area contributed by atoms with Crippen LogP contribution in [-0.4, -0.2) is 49.3 Å². The normalized spacial score (nSPS) is 20.7. The Hall–Kier alpha value is -4.56. The molecule has 0 aliphatic carbocycles. The molecule has 2 heterocycles. The second-order valence-electron chi connectivity index (χ2n) is 12.3. The van der Waals surface area contributed by atoms with Crippen molar-refractivity contribution in [2.24, 2.45) is 5.92 Å². The number of benzene rings is 4. The maximum atomic E-state index is 14.4. The van der Waals surface area contributed by atoms with Gasteiger partial charge in [0.25, 0.3) is 5.91 Å². The Morgan fingerprint density at radius 1 is 0.860 bits per heavy atom. The largest absolute Gasteiger partial charge is 0.493 e. The van der Waals surface area contributed by atoms with Crippen LogP contribution in [0.25, 0.3) is 0 Å². The Morgan fingerprint density at radius 2 is 1.50 bits per heavy atom. The average Bonchev–Trinajstić information content (AvgIpc) is 3.13. The lowest BCUT2D eigenvalue weighted by Gasteiger charge is -2.43. The van der Waals surface area contributed by atoms with Crippen molar-refractivity contribution in [3.8, 4) is 11.5 Å². The first-order chi connectivity index (χ1) is 24.0. The minimum Gasteiger partial charge on any atom is -0.493 e. The molecule has 0 bridgehead atoms. The van der Waals surface area contributed by atoms with Crippen molar-refractivity contribution in [3.63, 3.8) is 0 Å². The van der Waals surface area contributed by atoms with Crippen molar-refractivity contribution in [2.45, 2.75) is 45.0 Å². The number of anilines is 1. The van der Waals surface area contributed by atoms with Crippen molar-refractivity contribution in [2.75, 3.05) is 32.6 Å². The fraction of sp³-hybridized carbons (Fsp3) is 0.324. The second-order valence-corrected chi connectivity index (χ2v) is 12.3. The minimum atomic E-state index is -2.36. The van der Waals surface area contributed by atoms with Gasteiger partial charge in [-0.25, -0.2) is 22.0 Å². The summed E-state index contributed by atoms with van der Waals surface area (Å²) in [7, 11) is 3.19. The molecule has 4 atom stereocenters. The van der Waals surface area contributed by atoms with Crippen molar-refractivity contribution in [3.05, 3.63) is 123 Å². The molecule has 264 valence electrons. The predicted octanol–water partition coefficient (Wildman–Crippen LogP) is 6.99. The van der Waals surface area contributed by atoms with Gasteiger partial charge < -0.3 is 29.4 Å². The Labute approximate surface area is 285 Å². The summed E-state index contributed by atoms with van der Waals surface area (Å²) in [6, 6.07) is 17.4. The molecular formula is C37H35F5N2O6. The number of amides is 1. The first-order valence-corrected chi connectivity index (χ1v) is 15.9. The van der Waals surface area contributed by atoms with Crippen LogP contribution in [0.2, 0.25) is 0 Å². The molecule has 6 rings (SSSR count). The van der Waals surface area contributed by atoms with Gasteiger partial charge in [0.1, 0.15) is 5.56 Å². The molecular weight excluding hydrogens is 663 g/mol. The van der Waals surface area contributed by atoms with E-state index in [0.717, 1.165) is 29.7 Å². The molecule has 1 saturated heterocycles. The molecule has 4 aromatic rings. The lowest BCUT2D eigenvalue weighted by molar-refractivity contribution is -0.276. The van der Waals surface area contributed by atoms with E-state index in [1.165, 1.54) is 23.8 Å². The van der Waals surface area contributed by atoms with Gasteiger partial charge in [-0.2, -0.15) is 0 Å². The van der Waals surface area contributed by atoms with Gasteiger partial charge in [0, 0.05) is 36.8 Å².